The standard InChI is InChI=1S/C15H14N2O2/c1-19-15-6-5-13(8-14(15)18)17-10-12-4-2-3-11(7-12)9-16/h2-8,17-18H,10H2,1H3. The van der Waals surface area contributed by atoms with E-state index in [2.05, 4.69) is 11.4 Å². The molecule has 0 heterocycles. The number of phenols is 1. The van der Waals surface area contributed by atoms with Crippen molar-refractivity contribution in [1.82, 2.24) is 0 Å². The van der Waals surface area contributed by atoms with Gasteiger partial charge in [-0.25, -0.2) is 0 Å². The first-order chi connectivity index (χ1) is 9.22. The molecule has 0 saturated carbocycles. The molecule has 2 aromatic rings. The molecular formula is C15H14N2O2. The molecular weight excluding hydrogens is 240 g/mol. The second-order valence-electron chi connectivity index (χ2n) is 4.05. The maximum atomic E-state index is 9.66. The van der Waals surface area contributed by atoms with Gasteiger partial charge in [-0.1, -0.05) is 12.1 Å². The van der Waals surface area contributed by atoms with Crippen molar-refractivity contribution in [2.45, 2.75) is 6.54 Å². The van der Waals surface area contributed by atoms with Crippen molar-refractivity contribution >= 4 is 5.69 Å². The molecule has 19 heavy (non-hydrogen) atoms. The molecule has 0 aromatic heterocycles. The highest BCUT2D eigenvalue weighted by molar-refractivity contribution is 5.54. The zero-order valence-corrected chi connectivity index (χ0v) is 10.6. The van der Waals surface area contributed by atoms with E-state index in [0.29, 0.717) is 17.9 Å². The fourth-order valence-corrected chi connectivity index (χ4v) is 1.75. The largest absolute Gasteiger partial charge is 0.504 e. The highest BCUT2D eigenvalue weighted by Crippen LogP contribution is 2.28. The molecule has 4 heteroatoms. The third-order valence-corrected chi connectivity index (χ3v) is 2.73. The van der Waals surface area contributed by atoms with Crippen LogP contribution in [0.5, 0.6) is 11.5 Å². The molecule has 0 spiro atoms. The quantitative estimate of drug-likeness (QED) is 0.880. The molecule has 0 amide bonds. The van der Waals surface area contributed by atoms with E-state index in [9.17, 15) is 5.11 Å². The maximum absolute atomic E-state index is 9.66. The lowest BCUT2D eigenvalue weighted by Crippen LogP contribution is -1.99. The second-order valence-corrected chi connectivity index (χ2v) is 4.05. The molecule has 0 bridgehead atoms. The van der Waals surface area contributed by atoms with E-state index >= 15 is 0 Å². The lowest BCUT2D eigenvalue weighted by atomic mass is 10.1. The Morgan fingerprint density at radius 2 is 2.11 bits per heavy atom. The maximum Gasteiger partial charge on any atom is 0.160 e. The van der Waals surface area contributed by atoms with Crippen LogP contribution in [0.1, 0.15) is 11.1 Å². The van der Waals surface area contributed by atoms with Crippen molar-refractivity contribution in [1.29, 1.82) is 5.26 Å². The van der Waals surface area contributed by atoms with Crippen molar-refractivity contribution in [3.63, 3.8) is 0 Å². The van der Waals surface area contributed by atoms with Crippen LogP contribution in [0, 0.1) is 11.3 Å². The fourth-order valence-electron chi connectivity index (χ4n) is 1.75. The van der Waals surface area contributed by atoms with Crippen LogP contribution in [0.15, 0.2) is 42.5 Å². The van der Waals surface area contributed by atoms with Crippen LogP contribution in [0.25, 0.3) is 0 Å². The number of anilines is 1. The summed E-state index contributed by atoms with van der Waals surface area (Å²) in [6.45, 7) is 0.585. The van der Waals surface area contributed by atoms with Crippen LogP contribution in [0.4, 0.5) is 5.69 Å². The third-order valence-electron chi connectivity index (χ3n) is 2.73. The van der Waals surface area contributed by atoms with E-state index in [1.165, 1.54) is 7.11 Å². The lowest BCUT2D eigenvalue weighted by Gasteiger charge is -2.09. The average molecular weight is 254 g/mol. The minimum absolute atomic E-state index is 0.0956. The van der Waals surface area contributed by atoms with Gasteiger partial charge in [-0.3, -0.25) is 0 Å². The Bertz CT molecular complexity index is 618. The Morgan fingerprint density at radius 1 is 1.26 bits per heavy atom. The zero-order chi connectivity index (χ0) is 13.7. The number of aromatic hydroxyl groups is 1. The smallest absolute Gasteiger partial charge is 0.160 e. The average Bonchev–Trinajstić information content (AvgIpc) is 2.45. The summed E-state index contributed by atoms with van der Waals surface area (Å²) in [7, 11) is 1.51. The van der Waals surface area contributed by atoms with E-state index in [4.69, 9.17) is 10.00 Å². The lowest BCUT2D eigenvalue weighted by molar-refractivity contribution is 0.373. The van der Waals surface area contributed by atoms with Gasteiger partial charge in [-0.15, -0.1) is 0 Å². The third kappa shape index (κ3) is 3.17. The summed E-state index contributed by atoms with van der Waals surface area (Å²) < 4.78 is 4.98. The number of methoxy groups -OCH3 is 1. The molecule has 0 aliphatic carbocycles. The summed E-state index contributed by atoms with van der Waals surface area (Å²) >= 11 is 0. The molecule has 4 nitrogen and oxygen atoms in total. The normalized spacial score (nSPS) is 9.68. The molecule has 0 radical (unpaired) electrons. The molecule has 2 N–H and O–H groups in total. The minimum Gasteiger partial charge on any atom is -0.504 e. The Kier molecular flexibility index (Phi) is 3.89. The van der Waals surface area contributed by atoms with Crippen molar-refractivity contribution in [3.8, 4) is 17.6 Å². The number of rotatable bonds is 4. The number of nitrogens with zero attached hydrogens (tertiary/aromatic N) is 1. The van der Waals surface area contributed by atoms with Crippen LogP contribution >= 0.6 is 0 Å². The molecule has 0 atom stereocenters. The van der Waals surface area contributed by atoms with Crippen LogP contribution in [-0.4, -0.2) is 12.2 Å². The molecule has 2 rings (SSSR count). The van der Waals surface area contributed by atoms with Gasteiger partial charge in [0.15, 0.2) is 11.5 Å². The summed E-state index contributed by atoms with van der Waals surface area (Å²) in [6.07, 6.45) is 0. The molecule has 2 aromatic carbocycles. The highest BCUT2D eigenvalue weighted by Gasteiger charge is 2.02. The number of hydrogen-bond acceptors (Lipinski definition) is 4. The predicted molar refractivity (Wildman–Crippen MR) is 73.1 cm³/mol. The van der Waals surface area contributed by atoms with Gasteiger partial charge in [-0.2, -0.15) is 5.26 Å². The summed E-state index contributed by atoms with van der Waals surface area (Å²) in [5.74, 6) is 0.537. The zero-order valence-electron chi connectivity index (χ0n) is 10.6. The van der Waals surface area contributed by atoms with Crippen LogP contribution in [-0.2, 0) is 6.54 Å². The Morgan fingerprint density at radius 3 is 2.79 bits per heavy atom. The first-order valence-electron chi connectivity index (χ1n) is 5.83. The predicted octanol–water partition coefficient (Wildman–Crippen LogP) is 2.88. The number of nitrogens with one attached hydrogen (secondary N) is 1. The minimum atomic E-state index is 0.0956. The topological polar surface area (TPSA) is 65.3 Å². The Balaban J connectivity index is 2.06. The van der Waals surface area contributed by atoms with Crippen molar-refractivity contribution < 1.29 is 9.84 Å². The molecule has 0 saturated heterocycles. The van der Waals surface area contributed by atoms with Gasteiger partial charge in [0.25, 0.3) is 0 Å². The fraction of sp³-hybridized carbons (Fsp3) is 0.133. The molecule has 0 unspecified atom stereocenters. The molecule has 0 fully saturated rings. The van der Waals surface area contributed by atoms with E-state index in [1.807, 2.05) is 24.3 Å². The summed E-state index contributed by atoms with van der Waals surface area (Å²) in [5, 5.41) is 21.7. The van der Waals surface area contributed by atoms with Gasteiger partial charge in [0, 0.05) is 18.3 Å². The van der Waals surface area contributed by atoms with Gasteiger partial charge >= 0.3 is 0 Å². The number of phenolic OH excluding ortho intramolecular Hbond substituents is 1. The van der Waals surface area contributed by atoms with Crippen molar-refractivity contribution in [3.05, 3.63) is 53.6 Å². The van der Waals surface area contributed by atoms with E-state index < -0.39 is 0 Å². The summed E-state index contributed by atoms with van der Waals surface area (Å²) in [6, 6.07) is 14.6. The number of hydrogen-bond donors (Lipinski definition) is 2. The van der Waals surface area contributed by atoms with Gasteiger partial charge in [0.2, 0.25) is 0 Å². The Labute approximate surface area is 111 Å². The van der Waals surface area contributed by atoms with Crippen LogP contribution < -0.4 is 10.1 Å². The molecule has 0 aliphatic heterocycles. The van der Waals surface area contributed by atoms with Gasteiger partial charge in [0.05, 0.1) is 18.7 Å². The summed E-state index contributed by atoms with van der Waals surface area (Å²) in [4.78, 5) is 0. The van der Waals surface area contributed by atoms with Gasteiger partial charge in [-0.05, 0) is 29.8 Å². The van der Waals surface area contributed by atoms with Crippen molar-refractivity contribution in [2.75, 3.05) is 12.4 Å². The van der Waals surface area contributed by atoms with Gasteiger partial charge < -0.3 is 15.2 Å². The highest BCUT2D eigenvalue weighted by atomic mass is 16.5. The first kappa shape index (κ1) is 12.8. The Hall–Kier alpha value is -2.67. The monoisotopic (exact) mass is 254 g/mol. The second kappa shape index (κ2) is 5.78. The van der Waals surface area contributed by atoms with Crippen LogP contribution in [0.3, 0.4) is 0 Å². The van der Waals surface area contributed by atoms with E-state index in [0.717, 1.165) is 11.3 Å². The van der Waals surface area contributed by atoms with E-state index in [-0.39, 0.29) is 5.75 Å². The molecule has 0 aliphatic rings. The molecule has 96 valence electrons. The number of nitriles is 1. The van der Waals surface area contributed by atoms with E-state index in [1.54, 1.807) is 18.2 Å². The summed E-state index contributed by atoms with van der Waals surface area (Å²) in [5.41, 5.74) is 2.44. The SMILES string of the molecule is COc1ccc(NCc2cccc(C#N)c2)cc1O. The number of benzene rings is 2. The number of ether oxygens (including phenoxy) is 1. The first-order valence-corrected chi connectivity index (χ1v) is 5.83. The van der Waals surface area contributed by atoms with Gasteiger partial charge in [0.1, 0.15) is 0 Å². The van der Waals surface area contributed by atoms with Crippen molar-refractivity contribution in [2.24, 2.45) is 0 Å². The van der Waals surface area contributed by atoms with Crippen LogP contribution in [0.2, 0.25) is 0 Å².